The van der Waals surface area contributed by atoms with Gasteiger partial charge in [-0.15, -0.1) is 0 Å². The molecule has 10 nitrogen and oxygen atoms in total. The number of hydrogen-bond acceptors (Lipinski definition) is 8. The largest absolute Gasteiger partial charge is 0.469 e. The fraction of sp³-hybridized carbons (Fsp3) is 1.00. The van der Waals surface area contributed by atoms with Gasteiger partial charge in [0.1, 0.15) is 30.5 Å². The Labute approximate surface area is 120 Å². The zero-order valence-corrected chi connectivity index (χ0v) is 12.3. The van der Waals surface area contributed by atoms with Crippen LogP contribution >= 0.6 is 7.82 Å². The first-order valence-electron chi connectivity index (χ1n) is 6.25. The molecule has 0 radical (unpaired) electrons. The lowest BCUT2D eigenvalue weighted by Crippen LogP contribution is -2.47. The molecular weight excluding hydrogens is 311 g/mol. The van der Waals surface area contributed by atoms with E-state index in [2.05, 4.69) is 4.52 Å². The van der Waals surface area contributed by atoms with E-state index >= 15 is 0 Å². The van der Waals surface area contributed by atoms with Crippen molar-refractivity contribution in [2.24, 2.45) is 0 Å². The summed E-state index contributed by atoms with van der Waals surface area (Å²) in [4.78, 5) is 17.1. The minimum Gasteiger partial charge on any atom is -0.388 e. The summed E-state index contributed by atoms with van der Waals surface area (Å²) in [5, 5.41) is 29.6. The summed E-state index contributed by atoms with van der Waals surface area (Å²) in [6.45, 7) is 2.45. The molecule has 124 valence electrons. The Balaban J connectivity index is 1.93. The maximum Gasteiger partial charge on any atom is 0.469 e. The topological polar surface area (TPSA) is 155 Å². The van der Waals surface area contributed by atoms with Crippen molar-refractivity contribution in [1.82, 2.24) is 0 Å². The van der Waals surface area contributed by atoms with Crippen LogP contribution in [-0.4, -0.2) is 74.3 Å². The normalized spacial score (nSPS) is 38.2. The third-order valence-electron chi connectivity index (χ3n) is 3.20. The van der Waals surface area contributed by atoms with E-state index < -0.39 is 57.0 Å². The molecule has 2 rings (SSSR count). The van der Waals surface area contributed by atoms with Gasteiger partial charge >= 0.3 is 7.82 Å². The predicted octanol–water partition coefficient (Wildman–Crippen LogP) is -1.95. The molecule has 0 amide bonds. The van der Waals surface area contributed by atoms with Crippen molar-refractivity contribution >= 4 is 7.82 Å². The summed E-state index contributed by atoms with van der Waals surface area (Å²) in [5.74, 6) is -0.936. The van der Waals surface area contributed by atoms with Crippen molar-refractivity contribution in [2.45, 2.75) is 56.4 Å². The van der Waals surface area contributed by atoms with Gasteiger partial charge in [-0.2, -0.15) is 0 Å². The minimum atomic E-state index is -4.77. The summed E-state index contributed by atoms with van der Waals surface area (Å²) in [6, 6.07) is 0. The molecule has 0 aromatic heterocycles. The summed E-state index contributed by atoms with van der Waals surface area (Å²) in [7, 11) is -4.77. The van der Waals surface area contributed by atoms with Crippen molar-refractivity contribution in [1.29, 1.82) is 0 Å². The van der Waals surface area contributed by atoms with Gasteiger partial charge in [-0.05, 0) is 13.8 Å². The van der Waals surface area contributed by atoms with Gasteiger partial charge in [-0.1, -0.05) is 0 Å². The lowest BCUT2D eigenvalue weighted by atomic mass is 10.0. The zero-order chi connectivity index (χ0) is 16.0. The average molecular weight is 330 g/mol. The average Bonchev–Trinajstić information content (AvgIpc) is 2.79. The Hall–Kier alpha value is -0.130. The number of phosphoric ester groups is 1. The summed E-state index contributed by atoms with van der Waals surface area (Å²) >= 11 is 0. The van der Waals surface area contributed by atoms with Gasteiger partial charge in [0.25, 0.3) is 0 Å². The minimum absolute atomic E-state index is 0.819. The van der Waals surface area contributed by atoms with E-state index in [0.717, 1.165) is 0 Å². The van der Waals surface area contributed by atoms with Crippen LogP contribution in [0.15, 0.2) is 0 Å². The first-order valence-corrected chi connectivity index (χ1v) is 7.78. The van der Waals surface area contributed by atoms with Crippen LogP contribution in [-0.2, 0) is 23.3 Å². The van der Waals surface area contributed by atoms with Crippen LogP contribution in [0, 0.1) is 0 Å². The SMILES string of the molecule is CC1(C)O[C@H]2O[C@H]([C@H](O)[C@H](O)COP(=O)(O)O)[C@H](O)[C@H]2O1. The molecule has 0 unspecified atom stereocenters. The Morgan fingerprint density at radius 3 is 2.43 bits per heavy atom. The highest BCUT2D eigenvalue weighted by molar-refractivity contribution is 7.46. The molecule has 0 saturated carbocycles. The van der Waals surface area contributed by atoms with Gasteiger partial charge in [0.2, 0.25) is 0 Å². The lowest BCUT2D eigenvalue weighted by molar-refractivity contribution is -0.232. The molecule has 11 heteroatoms. The van der Waals surface area contributed by atoms with E-state index in [9.17, 15) is 19.9 Å². The van der Waals surface area contributed by atoms with Crippen molar-refractivity contribution < 1.29 is 48.4 Å². The smallest absolute Gasteiger partial charge is 0.388 e. The number of ether oxygens (including phenoxy) is 3. The van der Waals surface area contributed by atoms with Gasteiger partial charge < -0.3 is 39.3 Å². The molecule has 2 saturated heterocycles. The molecule has 5 N–H and O–H groups in total. The fourth-order valence-corrected chi connectivity index (χ4v) is 2.64. The predicted molar refractivity (Wildman–Crippen MR) is 64.7 cm³/mol. The molecule has 6 atom stereocenters. The quantitative estimate of drug-likeness (QED) is 0.359. The Kier molecular flexibility index (Phi) is 4.77. The highest BCUT2D eigenvalue weighted by atomic mass is 31.2. The van der Waals surface area contributed by atoms with E-state index in [1.165, 1.54) is 0 Å². The van der Waals surface area contributed by atoms with Crippen LogP contribution < -0.4 is 0 Å². The second kappa shape index (κ2) is 5.82. The molecule has 0 spiro atoms. The van der Waals surface area contributed by atoms with Crippen molar-refractivity contribution in [3.63, 3.8) is 0 Å². The molecule has 0 bridgehead atoms. The summed E-state index contributed by atoms with van der Waals surface area (Å²) < 4.78 is 30.7. The number of fused-ring (bicyclic) bond motifs is 1. The van der Waals surface area contributed by atoms with Gasteiger partial charge in [0.05, 0.1) is 6.61 Å². The molecular formula is C10H19O10P. The van der Waals surface area contributed by atoms with Crippen LogP contribution in [0.5, 0.6) is 0 Å². The zero-order valence-electron chi connectivity index (χ0n) is 11.4. The monoisotopic (exact) mass is 330 g/mol. The Morgan fingerprint density at radius 1 is 1.29 bits per heavy atom. The third-order valence-corrected chi connectivity index (χ3v) is 3.68. The Bertz CT molecular complexity index is 422. The van der Waals surface area contributed by atoms with Crippen molar-refractivity contribution in [3.8, 4) is 0 Å². The standard InChI is InChI=1S/C10H19O10P/c1-10(2)19-8-6(13)7(18-9(8)20-10)5(12)4(11)3-17-21(14,15)16/h4-9,11-13H,3H2,1-2H3,(H2,14,15,16)/t4-,5-,6+,7-,8-,9-/m1/s1. The van der Waals surface area contributed by atoms with Crippen LogP contribution in [0.3, 0.4) is 0 Å². The maximum atomic E-state index is 10.5. The van der Waals surface area contributed by atoms with Gasteiger partial charge in [0, 0.05) is 0 Å². The molecule has 0 aromatic rings. The molecule has 2 fully saturated rings. The number of hydrogen-bond donors (Lipinski definition) is 5. The maximum absolute atomic E-state index is 10.5. The van der Waals surface area contributed by atoms with E-state index in [4.69, 9.17) is 24.0 Å². The first kappa shape index (κ1) is 17.2. The van der Waals surface area contributed by atoms with Crippen LogP contribution in [0.2, 0.25) is 0 Å². The Morgan fingerprint density at radius 2 is 1.90 bits per heavy atom. The van der Waals surface area contributed by atoms with Crippen LogP contribution in [0.1, 0.15) is 13.8 Å². The number of aliphatic hydroxyl groups is 3. The fourth-order valence-electron chi connectivity index (χ4n) is 2.29. The number of rotatable bonds is 5. The highest BCUT2D eigenvalue weighted by Gasteiger charge is 2.56. The first-order chi connectivity index (χ1) is 9.50. The number of aliphatic hydroxyl groups excluding tert-OH is 3. The van der Waals surface area contributed by atoms with Gasteiger partial charge in [-0.25, -0.2) is 4.57 Å². The van der Waals surface area contributed by atoms with Crippen molar-refractivity contribution in [2.75, 3.05) is 6.61 Å². The molecule has 21 heavy (non-hydrogen) atoms. The summed E-state index contributed by atoms with van der Waals surface area (Å²) in [6.07, 6.45) is -7.52. The van der Waals surface area contributed by atoms with Crippen molar-refractivity contribution in [3.05, 3.63) is 0 Å². The van der Waals surface area contributed by atoms with E-state index in [1.807, 2.05) is 0 Å². The third kappa shape index (κ3) is 3.99. The van der Waals surface area contributed by atoms with Crippen LogP contribution in [0.25, 0.3) is 0 Å². The molecule has 2 heterocycles. The molecule has 0 aliphatic carbocycles. The molecule has 2 aliphatic heterocycles. The van der Waals surface area contributed by atoms with Gasteiger partial charge in [0.15, 0.2) is 12.1 Å². The molecule has 2 aliphatic rings. The highest BCUT2D eigenvalue weighted by Crippen LogP contribution is 2.39. The van der Waals surface area contributed by atoms with E-state index in [-0.39, 0.29) is 0 Å². The second-order valence-electron chi connectivity index (χ2n) is 5.40. The number of phosphoric acid groups is 1. The van der Waals surface area contributed by atoms with E-state index in [0.29, 0.717) is 0 Å². The molecule has 0 aromatic carbocycles. The van der Waals surface area contributed by atoms with Crippen LogP contribution in [0.4, 0.5) is 0 Å². The van der Waals surface area contributed by atoms with E-state index in [1.54, 1.807) is 13.8 Å². The second-order valence-corrected chi connectivity index (χ2v) is 6.64. The summed E-state index contributed by atoms with van der Waals surface area (Å²) in [5.41, 5.74) is 0. The lowest BCUT2D eigenvalue weighted by Gasteiger charge is -2.28. The van der Waals surface area contributed by atoms with Gasteiger partial charge in [-0.3, -0.25) is 4.52 Å².